The van der Waals surface area contributed by atoms with Crippen LogP contribution in [0.1, 0.15) is 25.5 Å². The van der Waals surface area contributed by atoms with Gasteiger partial charge in [-0.1, -0.05) is 17.7 Å². The van der Waals surface area contributed by atoms with Gasteiger partial charge in [-0.15, -0.1) is 0 Å². The van der Waals surface area contributed by atoms with Gasteiger partial charge in [-0.3, -0.25) is 4.79 Å². The predicted molar refractivity (Wildman–Crippen MR) is 90.6 cm³/mol. The van der Waals surface area contributed by atoms with Gasteiger partial charge in [0.1, 0.15) is 12.4 Å². The molecule has 2 N–H and O–H groups in total. The highest BCUT2D eigenvalue weighted by molar-refractivity contribution is 6.30. The first-order valence-electron chi connectivity index (χ1n) is 8.13. The van der Waals surface area contributed by atoms with Gasteiger partial charge in [-0.05, 0) is 31.5 Å². The number of rotatable bonds is 6. The summed E-state index contributed by atoms with van der Waals surface area (Å²) in [6, 6.07) is 4.69. The van der Waals surface area contributed by atoms with Crippen molar-refractivity contribution < 1.29 is 18.7 Å². The lowest BCUT2D eigenvalue weighted by Gasteiger charge is -2.25. The summed E-state index contributed by atoms with van der Waals surface area (Å²) in [5.41, 5.74) is 0.721. The Labute approximate surface area is 146 Å². The Hall–Kier alpha value is -1.21. The number of carbonyl (C=O) groups is 1. The predicted octanol–water partition coefficient (Wildman–Crippen LogP) is 2.30. The van der Waals surface area contributed by atoms with E-state index in [9.17, 15) is 9.18 Å². The fourth-order valence-corrected chi connectivity index (χ4v) is 2.68. The fraction of sp³-hybridized carbons (Fsp3) is 0.588. The van der Waals surface area contributed by atoms with Gasteiger partial charge >= 0.3 is 0 Å². The lowest BCUT2D eigenvalue weighted by atomic mass is 9.95. The SMILES string of the molecule is CC(C)OCC(=O)NC[C@@H]1CNCCO[C@H]1c1ccc(Cl)c(F)c1. The maximum Gasteiger partial charge on any atom is 0.246 e. The summed E-state index contributed by atoms with van der Waals surface area (Å²) >= 11 is 5.75. The van der Waals surface area contributed by atoms with Crippen molar-refractivity contribution in [2.24, 2.45) is 5.92 Å². The summed E-state index contributed by atoms with van der Waals surface area (Å²) in [6.45, 7) is 6.10. The molecule has 1 aliphatic heterocycles. The maximum absolute atomic E-state index is 13.8. The molecule has 2 rings (SSSR count). The Morgan fingerprint density at radius 1 is 1.54 bits per heavy atom. The molecule has 0 aromatic heterocycles. The van der Waals surface area contributed by atoms with Crippen molar-refractivity contribution in [1.82, 2.24) is 10.6 Å². The molecule has 1 aromatic rings. The zero-order valence-electron chi connectivity index (χ0n) is 14.0. The van der Waals surface area contributed by atoms with Gasteiger partial charge < -0.3 is 20.1 Å². The van der Waals surface area contributed by atoms with E-state index in [-0.39, 0.29) is 35.7 Å². The van der Waals surface area contributed by atoms with Crippen LogP contribution >= 0.6 is 11.6 Å². The van der Waals surface area contributed by atoms with E-state index < -0.39 is 5.82 Å². The van der Waals surface area contributed by atoms with Crippen LogP contribution in [0.25, 0.3) is 0 Å². The molecule has 134 valence electrons. The Morgan fingerprint density at radius 3 is 3.04 bits per heavy atom. The third-order valence-electron chi connectivity index (χ3n) is 3.79. The van der Waals surface area contributed by atoms with Crippen LogP contribution in [0.4, 0.5) is 4.39 Å². The van der Waals surface area contributed by atoms with E-state index in [1.807, 2.05) is 13.8 Å². The molecule has 1 saturated heterocycles. The highest BCUT2D eigenvalue weighted by Crippen LogP contribution is 2.29. The number of hydrogen-bond donors (Lipinski definition) is 2. The number of benzene rings is 1. The zero-order valence-corrected chi connectivity index (χ0v) is 14.7. The van der Waals surface area contributed by atoms with Gasteiger partial charge in [0.2, 0.25) is 5.91 Å². The first-order valence-corrected chi connectivity index (χ1v) is 8.50. The lowest BCUT2D eigenvalue weighted by Crippen LogP contribution is -2.38. The molecule has 0 saturated carbocycles. The first kappa shape index (κ1) is 19.1. The Balaban J connectivity index is 2.01. The second-order valence-electron chi connectivity index (χ2n) is 6.09. The molecule has 2 atom stereocenters. The van der Waals surface area contributed by atoms with Crippen molar-refractivity contribution in [3.63, 3.8) is 0 Å². The summed E-state index contributed by atoms with van der Waals surface area (Å²) in [5.74, 6) is -0.659. The minimum atomic E-state index is -0.469. The third-order valence-corrected chi connectivity index (χ3v) is 4.10. The minimum absolute atomic E-state index is 0.00317. The molecule has 0 bridgehead atoms. The zero-order chi connectivity index (χ0) is 17.5. The van der Waals surface area contributed by atoms with Crippen molar-refractivity contribution in [3.8, 4) is 0 Å². The molecule has 24 heavy (non-hydrogen) atoms. The monoisotopic (exact) mass is 358 g/mol. The normalized spacial score (nSPS) is 21.5. The molecule has 7 heteroatoms. The van der Waals surface area contributed by atoms with Crippen molar-refractivity contribution in [3.05, 3.63) is 34.6 Å². The Kier molecular flexibility index (Phi) is 7.42. The average Bonchev–Trinajstić information content (AvgIpc) is 2.79. The van der Waals surface area contributed by atoms with Crippen molar-refractivity contribution in [2.45, 2.75) is 26.1 Å². The van der Waals surface area contributed by atoms with Crippen LogP contribution in [0.3, 0.4) is 0 Å². The van der Waals surface area contributed by atoms with Gasteiger partial charge in [-0.25, -0.2) is 4.39 Å². The number of nitrogens with one attached hydrogen (secondary N) is 2. The molecule has 1 heterocycles. The van der Waals surface area contributed by atoms with Gasteiger partial charge in [0.05, 0.1) is 23.8 Å². The summed E-state index contributed by atoms with van der Waals surface area (Å²) in [7, 11) is 0. The average molecular weight is 359 g/mol. The van der Waals surface area contributed by atoms with Gasteiger partial charge in [0, 0.05) is 25.6 Å². The van der Waals surface area contributed by atoms with Crippen molar-refractivity contribution in [1.29, 1.82) is 0 Å². The standard InChI is InChI=1S/C17H24ClFN2O3/c1-11(2)24-10-16(22)21-9-13-8-20-5-6-23-17(13)12-3-4-14(18)15(19)7-12/h3-4,7,11,13,17,20H,5-6,8-10H2,1-2H3,(H,21,22)/t13-,17-/m0/s1. The van der Waals surface area contributed by atoms with E-state index in [4.69, 9.17) is 21.1 Å². The Bertz CT molecular complexity index is 557. The largest absolute Gasteiger partial charge is 0.372 e. The molecule has 1 amide bonds. The highest BCUT2D eigenvalue weighted by Gasteiger charge is 2.27. The van der Waals surface area contributed by atoms with Crippen LogP contribution in [0.15, 0.2) is 18.2 Å². The van der Waals surface area contributed by atoms with E-state index >= 15 is 0 Å². The van der Waals surface area contributed by atoms with Crippen LogP contribution < -0.4 is 10.6 Å². The Morgan fingerprint density at radius 2 is 2.33 bits per heavy atom. The number of amides is 1. The highest BCUT2D eigenvalue weighted by atomic mass is 35.5. The molecule has 1 fully saturated rings. The molecule has 0 aliphatic carbocycles. The number of hydrogen-bond acceptors (Lipinski definition) is 4. The summed E-state index contributed by atoms with van der Waals surface area (Å²) in [4.78, 5) is 11.8. The van der Waals surface area contributed by atoms with Crippen LogP contribution in [-0.2, 0) is 14.3 Å². The topological polar surface area (TPSA) is 59.6 Å². The van der Waals surface area contributed by atoms with E-state index in [0.717, 1.165) is 5.56 Å². The minimum Gasteiger partial charge on any atom is -0.372 e. The van der Waals surface area contributed by atoms with E-state index in [1.54, 1.807) is 6.07 Å². The maximum atomic E-state index is 13.8. The summed E-state index contributed by atoms with van der Waals surface area (Å²) in [6.07, 6.45) is -0.304. The second kappa shape index (κ2) is 9.32. The molecule has 5 nitrogen and oxygen atoms in total. The van der Waals surface area contributed by atoms with Crippen LogP contribution in [0, 0.1) is 11.7 Å². The quantitative estimate of drug-likeness (QED) is 0.819. The van der Waals surface area contributed by atoms with E-state index in [2.05, 4.69) is 10.6 Å². The number of halogens is 2. The molecule has 0 radical (unpaired) electrons. The fourth-order valence-electron chi connectivity index (χ4n) is 2.56. The van der Waals surface area contributed by atoms with Gasteiger partial charge in [-0.2, -0.15) is 0 Å². The van der Waals surface area contributed by atoms with E-state index in [0.29, 0.717) is 26.2 Å². The van der Waals surface area contributed by atoms with Crippen LogP contribution in [-0.4, -0.2) is 44.9 Å². The van der Waals surface area contributed by atoms with Gasteiger partial charge in [0.15, 0.2) is 0 Å². The van der Waals surface area contributed by atoms with E-state index in [1.165, 1.54) is 12.1 Å². The molecule has 1 aliphatic rings. The lowest BCUT2D eigenvalue weighted by molar-refractivity contribution is -0.127. The summed E-state index contributed by atoms with van der Waals surface area (Å²) < 4.78 is 24.9. The molecular weight excluding hydrogens is 335 g/mol. The number of carbonyl (C=O) groups excluding carboxylic acids is 1. The molecular formula is C17H24ClFN2O3. The van der Waals surface area contributed by atoms with Crippen molar-refractivity contribution in [2.75, 3.05) is 32.8 Å². The third kappa shape index (κ3) is 5.70. The first-order chi connectivity index (χ1) is 11.5. The molecule has 0 unspecified atom stereocenters. The van der Waals surface area contributed by atoms with Crippen LogP contribution in [0.2, 0.25) is 5.02 Å². The number of ether oxygens (including phenoxy) is 2. The smallest absolute Gasteiger partial charge is 0.246 e. The second-order valence-corrected chi connectivity index (χ2v) is 6.50. The van der Waals surface area contributed by atoms with Crippen molar-refractivity contribution >= 4 is 17.5 Å². The molecule has 1 aromatic carbocycles. The molecule has 0 spiro atoms. The van der Waals surface area contributed by atoms with Crippen LogP contribution in [0.5, 0.6) is 0 Å². The van der Waals surface area contributed by atoms with Gasteiger partial charge in [0.25, 0.3) is 0 Å². The summed E-state index contributed by atoms with van der Waals surface area (Å²) in [5, 5.41) is 6.21.